The number of aryl methyl sites for hydroxylation is 1. The number of hydrogen-bond donors (Lipinski definition) is 1. The molecule has 0 radical (unpaired) electrons. The first-order valence-corrected chi connectivity index (χ1v) is 7.42. The Balaban J connectivity index is 2.03. The number of nitrogens with two attached hydrogens (primary N) is 1. The summed E-state index contributed by atoms with van der Waals surface area (Å²) in [6, 6.07) is 8.34. The summed E-state index contributed by atoms with van der Waals surface area (Å²) in [4.78, 5) is 0. The number of fused-ring (bicyclic) bond motifs is 1. The Hall–Kier alpha value is -1.94. The molecule has 0 saturated carbocycles. The molecule has 1 aromatic heterocycles. The van der Waals surface area contributed by atoms with Crippen LogP contribution < -0.4 is 10.5 Å². The molecular formula is C17H21N3O. The molecule has 0 bridgehead atoms. The molecule has 110 valence electrons. The molecule has 1 atom stereocenters. The van der Waals surface area contributed by atoms with Gasteiger partial charge in [0.1, 0.15) is 11.9 Å². The molecule has 0 aliphatic carbocycles. The molecule has 1 aliphatic rings. The zero-order valence-corrected chi connectivity index (χ0v) is 12.8. The lowest BCUT2D eigenvalue weighted by Gasteiger charge is -2.11. The van der Waals surface area contributed by atoms with Crippen molar-refractivity contribution in [3.63, 3.8) is 0 Å². The molecule has 1 aliphatic heterocycles. The van der Waals surface area contributed by atoms with Gasteiger partial charge in [0.2, 0.25) is 0 Å². The van der Waals surface area contributed by atoms with Gasteiger partial charge in [-0.3, -0.25) is 0 Å². The molecule has 0 spiro atoms. The van der Waals surface area contributed by atoms with E-state index in [1.54, 1.807) is 0 Å². The van der Waals surface area contributed by atoms with E-state index >= 15 is 0 Å². The lowest BCUT2D eigenvalue weighted by Crippen LogP contribution is -2.24. The van der Waals surface area contributed by atoms with Crippen molar-refractivity contribution in [2.24, 2.45) is 5.73 Å². The molecule has 1 unspecified atom stereocenters. The van der Waals surface area contributed by atoms with Crippen LogP contribution in [0.15, 0.2) is 24.3 Å². The summed E-state index contributed by atoms with van der Waals surface area (Å²) >= 11 is 0. The fourth-order valence-electron chi connectivity index (χ4n) is 2.71. The van der Waals surface area contributed by atoms with Gasteiger partial charge in [0.05, 0.1) is 11.4 Å². The number of aromatic nitrogens is 2. The minimum atomic E-state index is 0.0726. The van der Waals surface area contributed by atoms with Crippen LogP contribution >= 0.6 is 0 Å². The van der Waals surface area contributed by atoms with Crippen LogP contribution in [0.2, 0.25) is 0 Å². The number of hydrogen-bond acceptors (Lipinski definition) is 4. The summed E-state index contributed by atoms with van der Waals surface area (Å²) in [5, 5.41) is 8.70. The van der Waals surface area contributed by atoms with Crippen molar-refractivity contribution in [3.05, 3.63) is 41.1 Å². The molecule has 3 rings (SSSR count). The topological polar surface area (TPSA) is 61.0 Å². The van der Waals surface area contributed by atoms with E-state index in [1.165, 1.54) is 11.1 Å². The van der Waals surface area contributed by atoms with Gasteiger partial charge >= 0.3 is 0 Å². The molecule has 0 saturated heterocycles. The van der Waals surface area contributed by atoms with Crippen molar-refractivity contribution < 1.29 is 4.74 Å². The zero-order chi connectivity index (χ0) is 15.0. The van der Waals surface area contributed by atoms with Crippen molar-refractivity contribution in [2.45, 2.75) is 39.2 Å². The highest BCUT2D eigenvalue weighted by Gasteiger charge is 2.25. The molecule has 1 aromatic carbocycles. The highest BCUT2D eigenvalue weighted by atomic mass is 16.5. The quantitative estimate of drug-likeness (QED) is 0.941. The molecule has 21 heavy (non-hydrogen) atoms. The van der Waals surface area contributed by atoms with E-state index in [4.69, 9.17) is 10.5 Å². The SMILES string of the molecule is Cc1cc2c(c(-c3ccc(C(C)C)nn3)c1)OC(CN)C2. The first-order valence-electron chi connectivity index (χ1n) is 7.42. The van der Waals surface area contributed by atoms with E-state index in [0.29, 0.717) is 12.5 Å². The van der Waals surface area contributed by atoms with E-state index in [9.17, 15) is 0 Å². The average Bonchev–Trinajstić information content (AvgIpc) is 2.89. The van der Waals surface area contributed by atoms with E-state index in [0.717, 1.165) is 29.1 Å². The van der Waals surface area contributed by atoms with Crippen LogP contribution in [0.1, 0.15) is 36.6 Å². The van der Waals surface area contributed by atoms with Crippen LogP contribution in [0.3, 0.4) is 0 Å². The summed E-state index contributed by atoms with van der Waals surface area (Å²) in [5.41, 5.74) is 11.0. The Kier molecular flexibility index (Phi) is 3.64. The Labute approximate surface area is 125 Å². The average molecular weight is 283 g/mol. The fourth-order valence-corrected chi connectivity index (χ4v) is 2.71. The van der Waals surface area contributed by atoms with Crippen molar-refractivity contribution in [1.82, 2.24) is 10.2 Å². The molecule has 0 fully saturated rings. The third-order valence-electron chi connectivity index (χ3n) is 3.86. The summed E-state index contributed by atoms with van der Waals surface area (Å²) < 4.78 is 5.98. The number of nitrogens with zero attached hydrogens (tertiary/aromatic N) is 2. The van der Waals surface area contributed by atoms with Gasteiger partial charge in [-0.25, -0.2) is 0 Å². The Morgan fingerprint density at radius 1 is 1.29 bits per heavy atom. The second-order valence-electron chi connectivity index (χ2n) is 5.98. The molecule has 4 nitrogen and oxygen atoms in total. The standard InChI is InChI=1S/C17H21N3O/c1-10(2)15-4-5-16(20-19-15)14-7-11(3)6-12-8-13(9-18)21-17(12)14/h4-7,10,13H,8-9,18H2,1-3H3. The van der Waals surface area contributed by atoms with Gasteiger partial charge in [-0.1, -0.05) is 19.9 Å². The first-order chi connectivity index (χ1) is 10.1. The summed E-state index contributed by atoms with van der Waals surface area (Å²) in [6.07, 6.45) is 0.946. The van der Waals surface area contributed by atoms with Gasteiger partial charge in [-0.15, -0.1) is 0 Å². The largest absolute Gasteiger partial charge is 0.488 e. The van der Waals surface area contributed by atoms with E-state index in [1.807, 2.05) is 12.1 Å². The lowest BCUT2D eigenvalue weighted by atomic mass is 10.0. The van der Waals surface area contributed by atoms with E-state index in [-0.39, 0.29) is 6.10 Å². The van der Waals surface area contributed by atoms with Crippen molar-refractivity contribution >= 4 is 0 Å². The Morgan fingerprint density at radius 3 is 2.71 bits per heavy atom. The molecule has 2 N–H and O–H groups in total. The van der Waals surface area contributed by atoms with Crippen LogP contribution in [0.25, 0.3) is 11.3 Å². The van der Waals surface area contributed by atoms with Gasteiger partial charge in [0.15, 0.2) is 0 Å². The smallest absolute Gasteiger partial charge is 0.132 e. The zero-order valence-electron chi connectivity index (χ0n) is 12.8. The molecular weight excluding hydrogens is 262 g/mol. The minimum absolute atomic E-state index is 0.0726. The lowest BCUT2D eigenvalue weighted by molar-refractivity contribution is 0.242. The van der Waals surface area contributed by atoms with Gasteiger partial charge < -0.3 is 10.5 Å². The maximum Gasteiger partial charge on any atom is 0.132 e. The highest BCUT2D eigenvalue weighted by Crippen LogP contribution is 2.38. The monoisotopic (exact) mass is 283 g/mol. The number of benzene rings is 1. The molecule has 2 heterocycles. The van der Waals surface area contributed by atoms with Crippen molar-refractivity contribution in [1.29, 1.82) is 0 Å². The summed E-state index contributed by atoms with van der Waals surface area (Å²) in [7, 11) is 0. The third-order valence-corrected chi connectivity index (χ3v) is 3.86. The van der Waals surface area contributed by atoms with Crippen molar-refractivity contribution in [3.8, 4) is 17.0 Å². The van der Waals surface area contributed by atoms with Crippen LogP contribution in [-0.2, 0) is 6.42 Å². The highest BCUT2D eigenvalue weighted by molar-refractivity contribution is 5.71. The third kappa shape index (κ3) is 2.63. The minimum Gasteiger partial charge on any atom is -0.488 e. The second kappa shape index (κ2) is 5.45. The maximum atomic E-state index is 5.98. The van der Waals surface area contributed by atoms with Gasteiger partial charge in [0.25, 0.3) is 0 Å². The van der Waals surface area contributed by atoms with E-state index < -0.39 is 0 Å². The van der Waals surface area contributed by atoms with E-state index in [2.05, 4.69) is 43.1 Å². The molecule has 0 amide bonds. The van der Waals surface area contributed by atoms with Gasteiger partial charge in [-0.2, -0.15) is 10.2 Å². The summed E-state index contributed by atoms with van der Waals surface area (Å²) in [6.45, 7) is 6.85. The van der Waals surface area contributed by atoms with Crippen molar-refractivity contribution in [2.75, 3.05) is 6.54 Å². The number of rotatable bonds is 3. The Bertz CT molecular complexity index is 650. The van der Waals surface area contributed by atoms with Gasteiger partial charge in [0, 0.05) is 18.5 Å². The summed E-state index contributed by atoms with van der Waals surface area (Å²) in [5.74, 6) is 1.30. The Morgan fingerprint density at radius 2 is 2.10 bits per heavy atom. The van der Waals surface area contributed by atoms with Crippen LogP contribution in [-0.4, -0.2) is 22.8 Å². The normalized spacial score (nSPS) is 16.9. The molecule has 4 heteroatoms. The number of ether oxygens (including phenoxy) is 1. The predicted molar refractivity (Wildman–Crippen MR) is 83.5 cm³/mol. The van der Waals surface area contributed by atoms with Crippen LogP contribution in [0.4, 0.5) is 0 Å². The first kappa shape index (κ1) is 14.0. The fraction of sp³-hybridized carbons (Fsp3) is 0.412. The second-order valence-corrected chi connectivity index (χ2v) is 5.98. The van der Waals surface area contributed by atoms with Gasteiger partial charge in [-0.05, 0) is 42.2 Å². The predicted octanol–water partition coefficient (Wildman–Crippen LogP) is 2.84. The molecule has 2 aromatic rings. The van der Waals surface area contributed by atoms with Crippen LogP contribution in [0.5, 0.6) is 5.75 Å². The van der Waals surface area contributed by atoms with Crippen LogP contribution in [0, 0.1) is 6.92 Å². The maximum absolute atomic E-state index is 5.98.